The first-order valence-corrected chi connectivity index (χ1v) is 14.7. The second-order valence-electron chi connectivity index (χ2n) is 11.7. The van der Waals surface area contributed by atoms with Crippen molar-refractivity contribution in [3.8, 4) is 0 Å². The first-order valence-electron chi connectivity index (χ1n) is 13.1. The summed E-state index contributed by atoms with van der Waals surface area (Å²) in [5.74, 6) is 0.120. The Morgan fingerprint density at radius 2 is 1.58 bits per heavy atom. The molecular formula is C25H45N3O4S. The van der Waals surface area contributed by atoms with Gasteiger partial charge >= 0.3 is 6.03 Å². The minimum absolute atomic E-state index is 0.0297. The number of sulfone groups is 1. The smallest absolute Gasteiger partial charge is 0.315 e. The standard InChI is InChI=1S/C25H45N3O4S/c1-19-12-11-17-28(19)22(29)21(20-13-7-5-8-14-20)26-23(30)27-25(15-9-6-10-16-25)18-33(31,32)24(2,3)4/h19-21H,5-18H2,1-4H3,(H2,26,27,30)/t19-,21?/m1/s1. The summed E-state index contributed by atoms with van der Waals surface area (Å²) in [7, 11) is -3.40. The molecule has 33 heavy (non-hydrogen) atoms. The van der Waals surface area contributed by atoms with E-state index < -0.39 is 32.2 Å². The molecule has 3 amide bonds. The molecule has 2 aliphatic carbocycles. The molecule has 2 saturated carbocycles. The fourth-order valence-electron chi connectivity index (χ4n) is 5.82. The fraction of sp³-hybridized carbons (Fsp3) is 0.920. The molecule has 1 heterocycles. The zero-order valence-corrected chi connectivity index (χ0v) is 21.9. The van der Waals surface area contributed by atoms with E-state index in [1.165, 1.54) is 6.42 Å². The highest BCUT2D eigenvalue weighted by Gasteiger charge is 2.43. The summed E-state index contributed by atoms with van der Waals surface area (Å²) in [5.41, 5.74) is -0.768. The number of amides is 3. The SMILES string of the molecule is C[C@@H]1CCCN1C(=O)C(NC(=O)NC1(CS(=O)(=O)C(C)(C)C)CCCCC1)C1CCCCC1. The predicted molar refractivity (Wildman–Crippen MR) is 132 cm³/mol. The molecule has 0 aromatic carbocycles. The van der Waals surface area contributed by atoms with Crippen molar-refractivity contribution in [3.05, 3.63) is 0 Å². The Bertz CT molecular complexity index is 793. The number of urea groups is 1. The number of carbonyl (C=O) groups is 2. The second-order valence-corrected chi connectivity index (χ2v) is 14.5. The van der Waals surface area contributed by atoms with Gasteiger partial charge in [-0.15, -0.1) is 0 Å². The van der Waals surface area contributed by atoms with Crippen LogP contribution in [0.15, 0.2) is 0 Å². The van der Waals surface area contributed by atoms with Crippen LogP contribution in [0.25, 0.3) is 0 Å². The van der Waals surface area contributed by atoms with Gasteiger partial charge in [-0.1, -0.05) is 38.5 Å². The summed E-state index contributed by atoms with van der Waals surface area (Å²) in [5, 5.41) is 6.13. The largest absolute Gasteiger partial charge is 0.338 e. The van der Waals surface area contributed by atoms with Crippen LogP contribution in [-0.2, 0) is 14.6 Å². The van der Waals surface area contributed by atoms with Crippen molar-refractivity contribution in [1.82, 2.24) is 15.5 Å². The van der Waals surface area contributed by atoms with Crippen LogP contribution in [0.1, 0.15) is 105 Å². The molecule has 3 fully saturated rings. The lowest BCUT2D eigenvalue weighted by atomic mass is 9.82. The molecule has 2 N–H and O–H groups in total. The Balaban J connectivity index is 1.77. The van der Waals surface area contributed by atoms with Gasteiger partial charge in [-0.25, -0.2) is 13.2 Å². The van der Waals surface area contributed by atoms with Crippen LogP contribution < -0.4 is 10.6 Å². The molecule has 3 aliphatic rings. The second kappa shape index (κ2) is 10.5. The number of hydrogen-bond donors (Lipinski definition) is 2. The van der Waals surface area contributed by atoms with Crippen molar-refractivity contribution in [1.29, 1.82) is 0 Å². The van der Waals surface area contributed by atoms with Crippen LogP contribution >= 0.6 is 0 Å². The number of likely N-dealkylation sites (tertiary alicyclic amines) is 1. The van der Waals surface area contributed by atoms with Crippen LogP contribution in [0.5, 0.6) is 0 Å². The van der Waals surface area contributed by atoms with Gasteiger partial charge in [0.2, 0.25) is 5.91 Å². The first-order chi connectivity index (χ1) is 15.4. The highest BCUT2D eigenvalue weighted by atomic mass is 32.2. The highest BCUT2D eigenvalue weighted by molar-refractivity contribution is 7.92. The molecule has 0 spiro atoms. The van der Waals surface area contributed by atoms with Crippen LogP contribution in [0.2, 0.25) is 0 Å². The lowest BCUT2D eigenvalue weighted by Crippen LogP contribution is -2.62. The molecule has 7 nitrogen and oxygen atoms in total. The Kier molecular flexibility index (Phi) is 8.39. The number of nitrogens with one attached hydrogen (secondary N) is 2. The fourth-order valence-corrected chi connectivity index (χ4v) is 7.34. The minimum atomic E-state index is -3.40. The summed E-state index contributed by atoms with van der Waals surface area (Å²) < 4.78 is 25.3. The summed E-state index contributed by atoms with van der Waals surface area (Å²) in [6, 6.07) is -0.724. The van der Waals surface area contributed by atoms with Gasteiger partial charge in [0.05, 0.1) is 16.0 Å². The van der Waals surface area contributed by atoms with Gasteiger partial charge in [-0.05, 0) is 72.1 Å². The molecule has 190 valence electrons. The van der Waals surface area contributed by atoms with E-state index in [4.69, 9.17) is 0 Å². The van der Waals surface area contributed by atoms with Gasteiger partial charge in [-0.2, -0.15) is 0 Å². The van der Waals surface area contributed by atoms with Gasteiger partial charge in [0.25, 0.3) is 0 Å². The lowest BCUT2D eigenvalue weighted by Gasteiger charge is -2.40. The maximum Gasteiger partial charge on any atom is 0.315 e. The van der Waals surface area contributed by atoms with E-state index in [2.05, 4.69) is 17.6 Å². The molecule has 0 bridgehead atoms. The van der Waals surface area contributed by atoms with Crippen molar-refractivity contribution in [3.63, 3.8) is 0 Å². The third-order valence-corrected chi connectivity index (χ3v) is 10.9. The zero-order chi connectivity index (χ0) is 24.3. The number of carbonyl (C=O) groups excluding carboxylic acids is 2. The summed E-state index contributed by atoms with van der Waals surface area (Å²) in [4.78, 5) is 28.8. The molecule has 8 heteroatoms. The molecule has 0 aromatic rings. The van der Waals surface area contributed by atoms with Crippen molar-refractivity contribution in [2.24, 2.45) is 5.92 Å². The molecule has 1 unspecified atom stereocenters. The van der Waals surface area contributed by atoms with Crippen LogP contribution in [0.3, 0.4) is 0 Å². The third-order valence-electron chi connectivity index (χ3n) is 8.10. The molecule has 2 atom stereocenters. The van der Waals surface area contributed by atoms with Gasteiger partial charge in [0, 0.05) is 12.6 Å². The van der Waals surface area contributed by atoms with E-state index in [9.17, 15) is 18.0 Å². The molecule has 1 saturated heterocycles. The van der Waals surface area contributed by atoms with Gasteiger partial charge in [-0.3, -0.25) is 4.79 Å². The topological polar surface area (TPSA) is 95.6 Å². The molecule has 0 radical (unpaired) electrons. The quantitative estimate of drug-likeness (QED) is 0.593. The minimum Gasteiger partial charge on any atom is -0.338 e. The number of nitrogens with zero attached hydrogens (tertiary/aromatic N) is 1. The lowest BCUT2D eigenvalue weighted by molar-refractivity contribution is -0.135. The Labute approximate surface area is 200 Å². The van der Waals surface area contributed by atoms with E-state index in [1.807, 2.05) is 4.90 Å². The molecule has 3 rings (SSSR count). The van der Waals surface area contributed by atoms with E-state index in [0.29, 0.717) is 12.8 Å². The Morgan fingerprint density at radius 3 is 2.12 bits per heavy atom. The molecule has 1 aliphatic heterocycles. The normalized spacial score (nSPS) is 25.5. The molecular weight excluding hydrogens is 438 g/mol. The summed E-state index contributed by atoms with van der Waals surface area (Å²) in [6.07, 6.45) is 11.4. The van der Waals surface area contributed by atoms with Crippen LogP contribution in [-0.4, -0.2) is 59.9 Å². The average Bonchev–Trinajstić information content (AvgIpc) is 3.17. The monoisotopic (exact) mass is 483 g/mol. The van der Waals surface area contributed by atoms with Crippen molar-refractivity contribution in [2.45, 2.75) is 127 Å². The van der Waals surface area contributed by atoms with Crippen molar-refractivity contribution < 1.29 is 18.0 Å². The van der Waals surface area contributed by atoms with Crippen molar-refractivity contribution >= 4 is 21.8 Å². The highest BCUT2D eigenvalue weighted by Crippen LogP contribution is 2.33. The summed E-state index contributed by atoms with van der Waals surface area (Å²) >= 11 is 0. The van der Waals surface area contributed by atoms with Gasteiger partial charge in [0.15, 0.2) is 9.84 Å². The number of hydrogen-bond acceptors (Lipinski definition) is 4. The van der Waals surface area contributed by atoms with Crippen LogP contribution in [0, 0.1) is 5.92 Å². The molecule has 0 aromatic heterocycles. The van der Waals surface area contributed by atoms with E-state index >= 15 is 0 Å². The van der Waals surface area contributed by atoms with Gasteiger partial charge in [0.1, 0.15) is 6.04 Å². The maximum absolute atomic E-state index is 13.5. The van der Waals surface area contributed by atoms with Crippen LogP contribution in [0.4, 0.5) is 4.79 Å². The van der Waals surface area contributed by atoms with Crippen molar-refractivity contribution in [2.75, 3.05) is 12.3 Å². The van der Waals surface area contributed by atoms with E-state index in [1.54, 1.807) is 20.8 Å². The Morgan fingerprint density at radius 1 is 0.970 bits per heavy atom. The zero-order valence-electron chi connectivity index (χ0n) is 21.1. The third kappa shape index (κ3) is 6.43. The van der Waals surface area contributed by atoms with Gasteiger partial charge < -0.3 is 15.5 Å². The Hall–Kier alpha value is -1.31. The average molecular weight is 484 g/mol. The number of rotatable bonds is 6. The predicted octanol–water partition coefficient (Wildman–Crippen LogP) is 4.16. The first kappa shape index (κ1) is 26.3. The maximum atomic E-state index is 13.5. The van der Waals surface area contributed by atoms with E-state index in [-0.39, 0.29) is 23.6 Å². The summed E-state index contributed by atoms with van der Waals surface area (Å²) in [6.45, 7) is 7.98. The van der Waals surface area contributed by atoms with E-state index in [0.717, 1.165) is 64.3 Å².